The molecule has 0 N–H and O–H groups in total. The van der Waals surface area contributed by atoms with Crippen molar-refractivity contribution in [2.75, 3.05) is 13.1 Å². The van der Waals surface area contributed by atoms with Crippen LogP contribution in [-0.4, -0.2) is 33.4 Å². The summed E-state index contributed by atoms with van der Waals surface area (Å²) in [7, 11) is 0. The van der Waals surface area contributed by atoms with Crippen LogP contribution in [0.1, 0.15) is 45.9 Å². The zero-order chi connectivity index (χ0) is 18.3. The number of aromatic nitrogens is 2. The molecule has 1 saturated heterocycles. The fraction of sp³-hybridized carbons (Fsp3) is 0.364. The molecule has 0 aliphatic carbocycles. The van der Waals surface area contributed by atoms with Crippen LogP contribution in [-0.2, 0) is 0 Å². The van der Waals surface area contributed by atoms with Crippen LogP contribution < -0.4 is 0 Å². The van der Waals surface area contributed by atoms with Crippen LogP contribution in [0.5, 0.6) is 0 Å². The number of aryl methyl sites for hydroxylation is 3. The van der Waals surface area contributed by atoms with Crippen molar-refractivity contribution in [3.8, 4) is 0 Å². The van der Waals surface area contributed by atoms with Crippen LogP contribution in [0.3, 0.4) is 0 Å². The van der Waals surface area contributed by atoms with Crippen molar-refractivity contribution >= 4 is 16.9 Å². The first-order valence-electron chi connectivity index (χ1n) is 9.32. The van der Waals surface area contributed by atoms with Crippen molar-refractivity contribution in [3.05, 3.63) is 65.0 Å². The van der Waals surface area contributed by atoms with E-state index in [-0.39, 0.29) is 5.91 Å². The molecule has 0 bridgehead atoms. The largest absolute Gasteiger partial charge is 0.338 e. The highest BCUT2D eigenvalue weighted by atomic mass is 16.2. The molecule has 3 aromatic rings. The minimum Gasteiger partial charge on any atom is -0.338 e. The van der Waals surface area contributed by atoms with Gasteiger partial charge in [0.05, 0.1) is 17.4 Å². The van der Waals surface area contributed by atoms with Crippen LogP contribution in [0.4, 0.5) is 0 Å². The fourth-order valence-corrected chi connectivity index (χ4v) is 3.83. The molecule has 2 aromatic carbocycles. The second-order valence-electron chi connectivity index (χ2n) is 7.47. The normalized spacial score (nSPS) is 15.6. The van der Waals surface area contributed by atoms with Gasteiger partial charge in [-0.15, -0.1) is 0 Å². The molecule has 26 heavy (non-hydrogen) atoms. The van der Waals surface area contributed by atoms with Gasteiger partial charge in [-0.25, -0.2) is 4.98 Å². The third-order valence-electron chi connectivity index (χ3n) is 5.63. The Morgan fingerprint density at radius 2 is 1.77 bits per heavy atom. The van der Waals surface area contributed by atoms with Gasteiger partial charge in [0.15, 0.2) is 0 Å². The Bertz CT molecular complexity index is 965. The number of nitrogens with zero attached hydrogens (tertiary/aromatic N) is 3. The first kappa shape index (κ1) is 16.8. The molecule has 0 radical (unpaired) electrons. The molecule has 1 aromatic heterocycles. The molecule has 1 fully saturated rings. The Morgan fingerprint density at radius 3 is 2.50 bits per heavy atom. The number of carbonyl (C=O) groups is 1. The van der Waals surface area contributed by atoms with Crippen LogP contribution in [0.15, 0.2) is 42.7 Å². The van der Waals surface area contributed by atoms with E-state index in [9.17, 15) is 4.79 Å². The smallest absolute Gasteiger partial charge is 0.253 e. The zero-order valence-corrected chi connectivity index (χ0v) is 15.7. The van der Waals surface area contributed by atoms with Crippen molar-refractivity contribution in [1.82, 2.24) is 14.5 Å². The van der Waals surface area contributed by atoms with E-state index in [4.69, 9.17) is 0 Å². The molecule has 1 amide bonds. The molecular formula is C22H25N3O. The van der Waals surface area contributed by atoms with E-state index in [1.165, 1.54) is 22.2 Å². The molecule has 0 spiro atoms. The van der Waals surface area contributed by atoms with Gasteiger partial charge in [0.2, 0.25) is 0 Å². The van der Waals surface area contributed by atoms with Gasteiger partial charge >= 0.3 is 0 Å². The molecule has 0 saturated carbocycles. The number of carbonyl (C=O) groups excluding carboxylic acids is 1. The molecule has 0 atom stereocenters. The van der Waals surface area contributed by atoms with Crippen LogP contribution in [0.2, 0.25) is 0 Å². The maximum absolute atomic E-state index is 12.8. The van der Waals surface area contributed by atoms with Gasteiger partial charge in [0, 0.05) is 24.7 Å². The number of likely N-dealkylation sites (tertiary alicyclic amines) is 1. The fourth-order valence-electron chi connectivity index (χ4n) is 3.83. The molecule has 134 valence electrons. The molecule has 2 heterocycles. The van der Waals surface area contributed by atoms with E-state index in [2.05, 4.69) is 48.5 Å². The van der Waals surface area contributed by atoms with Crippen molar-refractivity contribution in [2.45, 2.75) is 39.7 Å². The average Bonchev–Trinajstić information content (AvgIpc) is 3.06. The second-order valence-corrected chi connectivity index (χ2v) is 7.47. The number of piperidine rings is 1. The van der Waals surface area contributed by atoms with Gasteiger partial charge in [-0.2, -0.15) is 0 Å². The summed E-state index contributed by atoms with van der Waals surface area (Å²) in [5.41, 5.74) is 6.69. The Hall–Kier alpha value is -2.62. The van der Waals surface area contributed by atoms with E-state index in [1.54, 1.807) is 0 Å². The SMILES string of the molecule is Cc1ccc2ncn(C3CCN(C(=O)c4ccc(C)c(C)c4)CC3)c2c1. The lowest BCUT2D eigenvalue weighted by atomic mass is 10.0. The zero-order valence-electron chi connectivity index (χ0n) is 15.7. The summed E-state index contributed by atoms with van der Waals surface area (Å²) in [5.74, 6) is 0.151. The number of hydrogen-bond donors (Lipinski definition) is 0. The lowest BCUT2D eigenvalue weighted by molar-refractivity contribution is 0.0696. The Kier molecular flexibility index (Phi) is 4.27. The van der Waals surface area contributed by atoms with Gasteiger partial charge in [0.25, 0.3) is 5.91 Å². The van der Waals surface area contributed by atoms with Crippen molar-refractivity contribution in [1.29, 1.82) is 0 Å². The van der Waals surface area contributed by atoms with Gasteiger partial charge in [-0.1, -0.05) is 12.1 Å². The summed E-state index contributed by atoms with van der Waals surface area (Å²) in [4.78, 5) is 19.3. The third kappa shape index (κ3) is 3.00. The standard InChI is InChI=1S/C22H25N3O/c1-15-4-7-20-21(12-15)25(14-23-20)19-8-10-24(11-9-19)22(26)18-6-5-16(2)17(3)13-18/h4-7,12-14,19H,8-11H2,1-3H3. The summed E-state index contributed by atoms with van der Waals surface area (Å²) in [6.45, 7) is 7.84. The monoisotopic (exact) mass is 347 g/mol. The van der Waals surface area contributed by atoms with E-state index in [0.717, 1.165) is 37.0 Å². The minimum absolute atomic E-state index is 0.151. The molecule has 4 nitrogen and oxygen atoms in total. The van der Waals surface area contributed by atoms with Crippen LogP contribution in [0.25, 0.3) is 11.0 Å². The highest BCUT2D eigenvalue weighted by Crippen LogP contribution is 2.28. The van der Waals surface area contributed by atoms with Crippen molar-refractivity contribution in [3.63, 3.8) is 0 Å². The maximum atomic E-state index is 12.8. The second kappa shape index (κ2) is 6.60. The predicted molar refractivity (Wildman–Crippen MR) is 105 cm³/mol. The summed E-state index contributed by atoms with van der Waals surface area (Å²) >= 11 is 0. The van der Waals surface area contributed by atoms with E-state index in [1.807, 2.05) is 29.4 Å². The molecule has 1 aliphatic heterocycles. The Balaban J connectivity index is 1.49. The van der Waals surface area contributed by atoms with Gasteiger partial charge in [-0.05, 0) is 74.6 Å². The maximum Gasteiger partial charge on any atom is 0.253 e. The molecule has 1 aliphatic rings. The average molecular weight is 347 g/mol. The number of imidazole rings is 1. The summed E-state index contributed by atoms with van der Waals surface area (Å²) in [6, 6.07) is 12.8. The molecule has 0 unspecified atom stereocenters. The number of rotatable bonds is 2. The number of amides is 1. The van der Waals surface area contributed by atoms with E-state index < -0.39 is 0 Å². The molecular weight excluding hydrogens is 322 g/mol. The minimum atomic E-state index is 0.151. The topological polar surface area (TPSA) is 38.1 Å². The van der Waals surface area contributed by atoms with E-state index >= 15 is 0 Å². The number of hydrogen-bond acceptors (Lipinski definition) is 2. The Morgan fingerprint density at radius 1 is 1.00 bits per heavy atom. The summed E-state index contributed by atoms with van der Waals surface area (Å²) < 4.78 is 2.29. The number of benzene rings is 2. The van der Waals surface area contributed by atoms with E-state index in [0.29, 0.717) is 6.04 Å². The summed E-state index contributed by atoms with van der Waals surface area (Å²) in [5, 5.41) is 0. The van der Waals surface area contributed by atoms with Crippen LogP contribution >= 0.6 is 0 Å². The first-order chi connectivity index (χ1) is 12.5. The van der Waals surface area contributed by atoms with Gasteiger partial charge in [-0.3, -0.25) is 4.79 Å². The van der Waals surface area contributed by atoms with Crippen molar-refractivity contribution < 1.29 is 4.79 Å². The third-order valence-corrected chi connectivity index (χ3v) is 5.63. The molecule has 4 rings (SSSR count). The molecule has 4 heteroatoms. The lowest BCUT2D eigenvalue weighted by Crippen LogP contribution is -2.39. The summed E-state index contributed by atoms with van der Waals surface area (Å²) in [6.07, 6.45) is 3.89. The quantitative estimate of drug-likeness (QED) is 0.687. The van der Waals surface area contributed by atoms with Gasteiger partial charge < -0.3 is 9.47 Å². The predicted octanol–water partition coefficient (Wildman–Crippen LogP) is 4.44. The Labute approximate surface area is 154 Å². The highest BCUT2D eigenvalue weighted by Gasteiger charge is 2.25. The first-order valence-corrected chi connectivity index (χ1v) is 9.32. The highest BCUT2D eigenvalue weighted by molar-refractivity contribution is 5.94. The van der Waals surface area contributed by atoms with Crippen molar-refractivity contribution in [2.24, 2.45) is 0 Å². The lowest BCUT2D eigenvalue weighted by Gasteiger charge is -2.33. The van der Waals surface area contributed by atoms with Gasteiger partial charge in [0.1, 0.15) is 0 Å². The number of fused-ring (bicyclic) bond motifs is 1. The van der Waals surface area contributed by atoms with Crippen LogP contribution in [0, 0.1) is 20.8 Å².